The molecule has 0 bridgehead atoms. The molecule has 176 valence electrons. The Hall–Kier alpha value is -3.46. The molecule has 0 spiro atoms. The molecular formula is C25H25FN4O3S. The zero-order valence-electron chi connectivity index (χ0n) is 18.6. The predicted octanol–water partition coefficient (Wildman–Crippen LogP) is 4.08. The Morgan fingerprint density at radius 3 is 2.71 bits per heavy atom. The van der Waals surface area contributed by atoms with E-state index in [1.807, 2.05) is 39.9 Å². The highest BCUT2D eigenvalue weighted by Crippen LogP contribution is 2.28. The number of benzene rings is 2. The average Bonchev–Trinajstić information content (AvgIpc) is 3.45. The van der Waals surface area contributed by atoms with Crippen LogP contribution in [0.5, 0.6) is 5.75 Å². The van der Waals surface area contributed by atoms with E-state index in [1.54, 1.807) is 29.0 Å². The molecule has 0 atom stereocenters. The lowest BCUT2D eigenvalue weighted by atomic mass is 9.95. The van der Waals surface area contributed by atoms with Crippen LogP contribution in [0.4, 0.5) is 4.39 Å². The van der Waals surface area contributed by atoms with Gasteiger partial charge in [0.15, 0.2) is 11.6 Å². The third-order valence-corrected chi connectivity index (χ3v) is 7.20. The van der Waals surface area contributed by atoms with Gasteiger partial charge in [-0.1, -0.05) is 35.6 Å². The summed E-state index contributed by atoms with van der Waals surface area (Å²) in [6, 6.07) is 14.0. The molecule has 1 aliphatic rings. The molecule has 0 N–H and O–H groups in total. The molecule has 4 aromatic rings. The number of fused-ring (bicyclic) bond motifs is 1. The molecule has 1 fully saturated rings. The number of likely N-dealkylation sites (tertiary alicyclic amines) is 1. The Bertz CT molecular complexity index is 1350. The maximum atomic E-state index is 13.7. The molecule has 2 aromatic heterocycles. The standard InChI is InChI=1S/C25H25FN4O3S/c26-19-5-1-3-7-21(19)33-16-11-23(31)28-13-9-18(10-14-28)24-27-12-15-29(24)17-30-20-6-2-4-8-22(20)34-25(30)32/h1-8,12,15,18H,9-11,13-14,16-17H2. The van der Waals surface area contributed by atoms with Gasteiger partial charge in [-0.15, -0.1) is 0 Å². The van der Waals surface area contributed by atoms with Crippen LogP contribution in [0.3, 0.4) is 0 Å². The van der Waals surface area contributed by atoms with E-state index in [9.17, 15) is 14.0 Å². The number of nitrogens with zero attached hydrogens (tertiary/aromatic N) is 4. The minimum Gasteiger partial charge on any atom is -0.490 e. The maximum absolute atomic E-state index is 13.7. The lowest BCUT2D eigenvalue weighted by molar-refractivity contribution is -0.132. The van der Waals surface area contributed by atoms with Gasteiger partial charge in [0.2, 0.25) is 5.91 Å². The number of para-hydroxylation sites is 2. The van der Waals surface area contributed by atoms with Crippen LogP contribution in [-0.4, -0.2) is 44.6 Å². The number of ether oxygens (including phenoxy) is 1. The van der Waals surface area contributed by atoms with Crippen LogP contribution in [0, 0.1) is 5.82 Å². The van der Waals surface area contributed by atoms with Gasteiger partial charge >= 0.3 is 4.87 Å². The normalized spacial score (nSPS) is 14.6. The quantitative estimate of drug-likeness (QED) is 0.400. The summed E-state index contributed by atoms with van der Waals surface area (Å²) < 4.78 is 23.9. The molecule has 1 amide bonds. The lowest BCUT2D eigenvalue weighted by Gasteiger charge is -2.32. The number of imidazole rings is 1. The van der Waals surface area contributed by atoms with Gasteiger partial charge in [-0.25, -0.2) is 9.37 Å². The zero-order valence-corrected chi connectivity index (χ0v) is 19.4. The molecule has 0 radical (unpaired) electrons. The van der Waals surface area contributed by atoms with Crippen molar-refractivity contribution in [2.45, 2.75) is 31.8 Å². The van der Waals surface area contributed by atoms with Gasteiger partial charge in [-0.3, -0.25) is 14.2 Å². The predicted molar refractivity (Wildman–Crippen MR) is 129 cm³/mol. The van der Waals surface area contributed by atoms with E-state index in [2.05, 4.69) is 4.98 Å². The summed E-state index contributed by atoms with van der Waals surface area (Å²) in [5.41, 5.74) is 0.926. The summed E-state index contributed by atoms with van der Waals surface area (Å²) in [4.78, 5) is 31.6. The van der Waals surface area contributed by atoms with Crippen LogP contribution in [0.1, 0.15) is 31.0 Å². The second-order valence-corrected chi connectivity index (χ2v) is 9.34. The highest BCUT2D eigenvalue weighted by molar-refractivity contribution is 7.16. The van der Waals surface area contributed by atoms with Crippen LogP contribution in [0.15, 0.2) is 65.7 Å². The second kappa shape index (κ2) is 9.80. The summed E-state index contributed by atoms with van der Waals surface area (Å²) in [7, 11) is 0. The van der Waals surface area contributed by atoms with E-state index in [1.165, 1.54) is 17.4 Å². The molecule has 0 aliphatic carbocycles. The highest BCUT2D eigenvalue weighted by atomic mass is 32.1. The van der Waals surface area contributed by atoms with Crippen molar-refractivity contribution in [2.75, 3.05) is 19.7 Å². The van der Waals surface area contributed by atoms with Gasteiger partial charge in [0, 0.05) is 31.4 Å². The molecule has 3 heterocycles. The van der Waals surface area contributed by atoms with Crippen molar-refractivity contribution < 1.29 is 13.9 Å². The number of hydrogen-bond donors (Lipinski definition) is 0. The van der Waals surface area contributed by atoms with E-state index >= 15 is 0 Å². The Balaban J connectivity index is 1.18. The smallest absolute Gasteiger partial charge is 0.309 e. The Kier molecular flexibility index (Phi) is 6.44. The first kappa shape index (κ1) is 22.3. The van der Waals surface area contributed by atoms with Crippen molar-refractivity contribution in [2.24, 2.45) is 0 Å². The van der Waals surface area contributed by atoms with Crippen LogP contribution >= 0.6 is 11.3 Å². The fourth-order valence-corrected chi connectivity index (χ4v) is 5.34. The maximum Gasteiger partial charge on any atom is 0.309 e. The Morgan fingerprint density at radius 1 is 1.12 bits per heavy atom. The van der Waals surface area contributed by atoms with E-state index in [-0.39, 0.29) is 35.5 Å². The minimum atomic E-state index is -0.427. The number of thiazole rings is 1. The van der Waals surface area contributed by atoms with Crippen LogP contribution < -0.4 is 9.61 Å². The van der Waals surface area contributed by atoms with E-state index < -0.39 is 5.82 Å². The highest BCUT2D eigenvalue weighted by Gasteiger charge is 2.26. The molecular weight excluding hydrogens is 455 g/mol. The summed E-state index contributed by atoms with van der Waals surface area (Å²) in [5, 5.41) is 0. The summed E-state index contributed by atoms with van der Waals surface area (Å²) in [6.07, 6.45) is 5.49. The van der Waals surface area contributed by atoms with Crippen molar-refractivity contribution in [1.29, 1.82) is 0 Å². The van der Waals surface area contributed by atoms with Gasteiger partial charge in [-0.2, -0.15) is 0 Å². The van der Waals surface area contributed by atoms with Gasteiger partial charge in [0.1, 0.15) is 12.5 Å². The number of halogens is 1. The topological polar surface area (TPSA) is 69.4 Å². The Morgan fingerprint density at radius 2 is 1.88 bits per heavy atom. The molecule has 5 rings (SSSR count). The number of carbonyl (C=O) groups is 1. The van der Waals surface area contributed by atoms with Crippen molar-refractivity contribution in [3.8, 4) is 5.75 Å². The number of carbonyl (C=O) groups excluding carboxylic acids is 1. The fraction of sp³-hybridized carbons (Fsp3) is 0.320. The average molecular weight is 481 g/mol. The summed E-state index contributed by atoms with van der Waals surface area (Å²) in [5.74, 6) is 0.906. The van der Waals surface area contributed by atoms with Gasteiger partial charge in [-0.05, 0) is 37.1 Å². The van der Waals surface area contributed by atoms with Crippen LogP contribution in [0.2, 0.25) is 0 Å². The van der Waals surface area contributed by atoms with Crippen LogP contribution in [0.25, 0.3) is 10.2 Å². The molecule has 1 aliphatic heterocycles. The number of amides is 1. The fourth-order valence-electron chi connectivity index (χ4n) is 4.46. The van der Waals surface area contributed by atoms with Crippen molar-refractivity contribution in [3.05, 3.63) is 82.2 Å². The summed E-state index contributed by atoms with van der Waals surface area (Å²) in [6.45, 7) is 1.84. The van der Waals surface area contributed by atoms with Gasteiger partial charge < -0.3 is 14.2 Å². The second-order valence-electron chi connectivity index (χ2n) is 8.34. The lowest BCUT2D eigenvalue weighted by Crippen LogP contribution is -2.39. The monoisotopic (exact) mass is 480 g/mol. The number of hydrogen-bond acceptors (Lipinski definition) is 5. The molecule has 1 saturated heterocycles. The number of rotatable bonds is 7. The number of piperidine rings is 1. The molecule has 0 unspecified atom stereocenters. The Labute approximate surface area is 200 Å². The molecule has 2 aromatic carbocycles. The molecule has 34 heavy (non-hydrogen) atoms. The van der Waals surface area contributed by atoms with Crippen LogP contribution in [-0.2, 0) is 11.5 Å². The van der Waals surface area contributed by atoms with Crippen molar-refractivity contribution in [1.82, 2.24) is 19.0 Å². The third-order valence-electron chi connectivity index (χ3n) is 6.24. The first-order valence-electron chi connectivity index (χ1n) is 11.3. The first-order chi connectivity index (χ1) is 16.6. The van der Waals surface area contributed by atoms with E-state index in [4.69, 9.17) is 4.74 Å². The van der Waals surface area contributed by atoms with Crippen molar-refractivity contribution in [3.63, 3.8) is 0 Å². The van der Waals surface area contributed by atoms with Crippen molar-refractivity contribution >= 4 is 27.5 Å². The third kappa shape index (κ3) is 4.61. The molecule has 7 nitrogen and oxygen atoms in total. The molecule has 9 heteroatoms. The van der Waals surface area contributed by atoms with E-state index in [0.717, 1.165) is 28.9 Å². The van der Waals surface area contributed by atoms with Gasteiger partial charge in [0.05, 0.1) is 23.2 Å². The first-order valence-corrected chi connectivity index (χ1v) is 12.2. The minimum absolute atomic E-state index is 0.00873. The summed E-state index contributed by atoms with van der Waals surface area (Å²) >= 11 is 1.25. The van der Waals surface area contributed by atoms with Gasteiger partial charge in [0.25, 0.3) is 0 Å². The SMILES string of the molecule is O=C(CCOc1ccccc1F)N1CCC(c2nccn2Cn2c(=O)sc3ccccc32)CC1. The molecule has 0 saturated carbocycles. The number of aromatic nitrogens is 3. The zero-order chi connectivity index (χ0) is 23.5. The largest absolute Gasteiger partial charge is 0.490 e. The van der Waals surface area contributed by atoms with E-state index in [0.29, 0.717) is 19.8 Å².